The number of carbonyl (C=O) groups is 1. The smallest absolute Gasteiger partial charge is 0.307 e. The molecule has 4 saturated carbocycles. The van der Waals surface area contributed by atoms with Gasteiger partial charge in [0.05, 0.1) is 12.0 Å². The van der Waals surface area contributed by atoms with E-state index in [9.17, 15) is 15.0 Å². The molecule has 0 aromatic carbocycles. The van der Waals surface area contributed by atoms with Crippen molar-refractivity contribution in [3.05, 3.63) is 0 Å². The first kappa shape index (κ1) is 15.0. The van der Waals surface area contributed by atoms with Crippen LogP contribution in [-0.4, -0.2) is 22.3 Å². The lowest BCUT2D eigenvalue weighted by Gasteiger charge is -2.66. The summed E-state index contributed by atoms with van der Waals surface area (Å²) in [7, 11) is 0. The third kappa shape index (κ3) is 1.81. The highest BCUT2D eigenvalue weighted by atomic mass is 16.4. The molecule has 8 atom stereocenters. The van der Waals surface area contributed by atoms with Crippen LogP contribution in [0.25, 0.3) is 0 Å². The second-order valence-electron chi connectivity index (χ2n) is 9.26. The Kier molecular flexibility index (Phi) is 3.21. The van der Waals surface area contributed by atoms with Crippen LogP contribution in [0, 0.1) is 40.4 Å². The Bertz CT molecular complexity index is 489. The van der Waals surface area contributed by atoms with E-state index in [0.717, 1.165) is 37.5 Å². The maximum absolute atomic E-state index is 11.5. The van der Waals surface area contributed by atoms with Gasteiger partial charge in [0, 0.05) is 0 Å². The van der Waals surface area contributed by atoms with Gasteiger partial charge in [-0.2, -0.15) is 0 Å². The number of aliphatic carboxylic acids is 1. The molecule has 4 rings (SSSR count). The Labute approximate surface area is 133 Å². The lowest BCUT2D eigenvalue weighted by atomic mass is 9.38. The minimum atomic E-state index is -0.571. The van der Waals surface area contributed by atoms with Crippen LogP contribution in [-0.2, 0) is 4.79 Å². The molecule has 0 saturated heterocycles. The zero-order valence-electron chi connectivity index (χ0n) is 13.9. The Hall–Kier alpha value is -0.570. The molecule has 0 amide bonds. The third-order valence-electron chi connectivity index (χ3n) is 8.66. The van der Waals surface area contributed by atoms with Gasteiger partial charge in [-0.1, -0.05) is 13.8 Å². The summed E-state index contributed by atoms with van der Waals surface area (Å²) in [6.07, 6.45) is 8.80. The molecule has 3 nitrogen and oxygen atoms in total. The summed E-state index contributed by atoms with van der Waals surface area (Å²) in [6.45, 7) is 4.73. The molecule has 124 valence electrons. The monoisotopic (exact) mass is 306 g/mol. The fraction of sp³-hybridized carbons (Fsp3) is 0.947. The summed E-state index contributed by atoms with van der Waals surface area (Å²) in [5, 5.41) is 19.5. The lowest BCUT2D eigenvalue weighted by Crippen LogP contribution is -2.61. The molecule has 3 heteroatoms. The molecule has 4 aliphatic carbocycles. The summed E-state index contributed by atoms with van der Waals surface area (Å²) in [4.78, 5) is 11.5. The number of hydrogen-bond acceptors (Lipinski definition) is 2. The molecule has 2 N–H and O–H groups in total. The number of aliphatic hydroxyl groups excluding tert-OH is 1. The van der Waals surface area contributed by atoms with E-state index < -0.39 is 5.97 Å². The van der Waals surface area contributed by atoms with E-state index in [4.69, 9.17) is 0 Å². The number of hydrogen-bond donors (Lipinski definition) is 2. The van der Waals surface area contributed by atoms with Gasteiger partial charge in [-0.15, -0.1) is 0 Å². The van der Waals surface area contributed by atoms with Crippen LogP contribution in [0.4, 0.5) is 0 Å². The molecule has 4 fully saturated rings. The lowest BCUT2D eigenvalue weighted by molar-refractivity contribution is -0.200. The molecule has 0 bridgehead atoms. The van der Waals surface area contributed by atoms with E-state index in [-0.39, 0.29) is 17.4 Å². The molecular formula is C19H30O3. The molecule has 0 aliphatic heterocycles. The van der Waals surface area contributed by atoms with Gasteiger partial charge in [-0.05, 0) is 85.9 Å². The molecule has 0 spiro atoms. The van der Waals surface area contributed by atoms with E-state index in [0.29, 0.717) is 17.3 Å². The van der Waals surface area contributed by atoms with Gasteiger partial charge in [-0.3, -0.25) is 4.79 Å². The van der Waals surface area contributed by atoms with E-state index in [2.05, 4.69) is 13.8 Å². The van der Waals surface area contributed by atoms with E-state index >= 15 is 0 Å². The highest BCUT2D eigenvalue weighted by molar-refractivity contribution is 5.72. The van der Waals surface area contributed by atoms with E-state index in [1.54, 1.807) is 0 Å². The highest BCUT2D eigenvalue weighted by Gasteiger charge is 2.64. The van der Waals surface area contributed by atoms with Crippen LogP contribution >= 0.6 is 0 Å². The molecular weight excluding hydrogens is 276 g/mol. The quantitative estimate of drug-likeness (QED) is 0.776. The predicted molar refractivity (Wildman–Crippen MR) is 84.2 cm³/mol. The topological polar surface area (TPSA) is 57.5 Å². The number of fused-ring (bicyclic) bond motifs is 5. The van der Waals surface area contributed by atoms with Gasteiger partial charge in [0.1, 0.15) is 0 Å². The molecule has 0 unspecified atom stereocenters. The first-order chi connectivity index (χ1) is 10.4. The summed E-state index contributed by atoms with van der Waals surface area (Å²) in [5.41, 5.74) is 0.460. The molecule has 0 aromatic heterocycles. The Morgan fingerprint density at radius 1 is 0.955 bits per heavy atom. The second-order valence-corrected chi connectivity index (χ2v) is 9.26. The van der Waals surface area contributed by atoms with Gasteiger partial charge in [0.25, 0.3) is 0 Å². The number of rotatable bonds is 1. The maximum Gasteiger partial charge on any atom is 0.307 e. The first-order valence-corrected chi connectivity index (χ1v) is 9.27. The van der Waals surface area contributed by atoms with Crippen LogP contribution < -0.4 is 0 Å². The largest absolute Gasteiger partial charge is 0.481 e. The molecule has 22 heavy (non-hydrogen) atoms. The molecule has 0 heterocycles. The molecule has 4 aliphatic rings. The summed E-state index contributed by atoms with van der Waals surface area (Å²) < 4.78 is 0. The first-order valence-electron chi connectivity index (χ1n) is 9.27. The van der Waals surface area contributed by atoms with Gasteiger partial charge in [-0.25, -0.2) is 0 Å². The van der Waals surface area contributed by atoms with Crippen molar-refractivity contribution < 1.29 is 15.0 Å². The predicted octanol–water partition coefficient (Wildman–Crippen LogP) is 3.70. The Balaban J connectivity index is 1.58. The zero-order valence-corrected chi connectivity index (χ0v) is 13.9. The van der Waals surface area contributed by atoms with Crippen molar-refractivity contribution in [2.24, 2.45) is 40.4 Å². The fourth-order valence-electron chi connectivity index (χ4n) is 7.21. The number of aliphatic hydroxyl groups is 1. The van der Waals surface area contributed by atoms with Crippen molar-refractivity contribution in [1.29, 1.82) is 0 Å². The van der Waals surface area contributed by atoms with Gasteiger partial charge < -0.3 is 10.2 Å². The van der Waals surface area contributed by atoms with E-state index in [1.807, 2.05) is 0 Å². The van der Waals surface area contributed by atoms with Gasteiger partial charge in [0.2, 0.25) is 0 Å². The van der Waals surface area contributed by atoms with Crippen molar-refractivity contribution in [2.45, 2.75) is 71.3 Å². The minimum Gasteiger partial charge on any atom is -0.481 e. The normalized spacial score (nSPS) is 57.0. The van der Waals surface area contributed by atoms with Crippen molar-refractivity contribution in [2.75, 3.05) is 0 Å². The van der Waals surface area contributed by atoms with Crippen molar-refractivity contribution in [1.82, 2.24) is 0 Å². The van der Waals surface area contributed by atoms with Crippen molar-refractivity contribution in [3.8, 4) is 0 Å². The van der Waals surface area contributed by atoms with Crippen LogP contribution in [0.1, 0.15) is 65.2 Å². The third-order valence-corrected chi connectivity index (χ3v) is 8.66. The van der Waals surface area contributed by atoms with Crippen LogP contribution in [0.3, 0.4) is 0 Å². The maximum atomic E-state index is 11.5. The number of carboxylic acids is 1. The standard InChI is InChI=1S/C19H30O3/c1-18-7-5-12(20)9-11(18)3-4-13-14(18)6-8-19(2)15(13)10-16(19)17(21)22/h11-16,20H,3-10H2,1-2H3,(H,21,22)/t11-,12-,13+,14-,15-,16+,18-,19-/m0/s1. The average molecular weight is 306 g/mol. The van der Waals surface area contributed by atoms with Crippen LogP contribution in [0.15, 0.2) is 0 Å². The SMILES string of the molecule is C[C@]12CC[C@H](O)C[C@@H]1CC[C@@H]1[C@@H]2CC[C@]2(C)[C@@H](C(=O)O)C[C@@H]12. The summed E-state index contributed by atoms with van der Waals surface area (Å²) in [6, 6.07) is 0. The van der Waals surface area contributed by atoms with E-state index in [1.165, 1.54) is 25.7 Å². The Morgan fingerprint density at radius 3 is 2.41 bits per heavy atom. The van der Waals surface area contributed by atoms with Crippen molar-refractivity contribution >= 4 is 5.97 Å². The fourth-order valence-corrected chi connectivity index (χ4v) is 7.21. The van der Waals surface area contributed by atoms with Gasteiger partial charge >= 0.3 is 5.97 Å². The Morgan fingerprint density at radius 2 is 1.68 bits per heavy atom. The average Bonchev–Trinajstić information content (AvgIpc) is 2.44. The second kappa shape index (κ2) is 4.72. The van der Waals surface area contributed by atoms with Gasteiger partial charge in [0.15, 0.2) is 0 Å². The van der Waals surface area contributed by atoms with Crippen LogP contribution in [0.2, 0.25) is 0 Å². The highest BCUT2D eigenvalue weighted by Crippen LogP contribution is 2.69. The number of carboxylic acid groups (broad SMARTS) is 1. The zero-order chi connectivity index (χ0) is 15.7. The summed E-state index contributed by atoms with van der Waals surface area (Å²) in [5.74, 6) is 2.17. The molecule has 0 aromatic rings. The van der Waals surface area contributed by atoms with Crippen molar-refractivity contribution in [3.63, 3.8) is 0 Å². The minimum absolute atomic E-state index is 0.0599. The van der Waals surface area contributed by atoms with Crippen LogP contribution in [0.5, 0.6) is 0 Å². The summed E-state index contributed by atoms with van der Waals surface area (Å²) >= 11 is 0. The molecule has 0 radical (unpaired) electrons.